The van der Waals surface area contributed by atoms with Crippen molar-refractivity contribution in [2.45, 2.75) is 13.0 Å². The van der Waals surface area contributed by atoms with Crippen molar-refractivity contribution >= 4 is 17.5 Å². The third-order valence-electron chi connectivity index (χ3n) is 2.56. The van der Waals surface area contributed by atoms with E-state index < -0.39 is 0 Å². The molecule has 0 aliphatic carbocycles. The second kappa shape index (κ2) is 5.64. The molecule has 0 radical (unpaired) electrons. The van der Waals surface area contributed by atoms with Crippen molar-refractivity contribution in [1.82, 2.24) is 20.1 Å². The molecule has 0 aliphatic heterocycles. The van der Waals surface area contributed by atoms with Crippen LogP contribution < -0.4 is 5.32 Å². The monoisotopic (exact) mass is 264 g/mol. The van der Waals surface area contributed by atoms with Gasteiger partial charge in [0.1, 0.15) is 12.7 Å². The van der Waals surface area contributed by atoms with E-state index in [0.717, 1.165) is 0 Å². The summed E-state index contributed by atoms with van der Waals surface area (Å²) in [7, 11) is 0. The number of nitrogens with zero attached hydrogens (tertiary/aromatic N) is 3. The number of amides is 1. The van der Waals surface area contributed by atoms with Crippen LogP contribution in [0.5, 0.6) is 0 Å². The molecule has 94 valence electrons. The Morgan fingerprint density at radius 1 is 1.50 bits per heavy atom. The fourth-order valence-corrected chi connectivity index (χ4v) is 1.74. The van der Waals surface area contributed by atoms with E-state index in [2.05, 4.69) is 15.4 Å². The third kappa shape index (κ3) is 2.87. The highest BCUT2D eigenvalue weighted by atomic mass is 35.5. The molecule has 1 atom stereocenters. The summed E-state index contributed by atoms with van der Waals surface area (Å²) >= 11 is 5.95. The van der Waals surface area contributed by atoms with Crippen molar-refractivity contribution in [3.05, 3.63) is 47.5 Å². The van der Waals surface area contributed by atoms with E-state index in [1.807, 2.05) is 6.92 Å². The van der Waals surface area contributed by atoms with Gasteiger partial charge in [-0.1, -0.05) is 23.7 Å². The number of aromatic nitrogens is 3. The number of halogens is 1. The fourth-order valence-electron chi connectivity index (χ4n) is 1.52. The van der Waals surface area contributed by atoms with Crippen molar-refractivity contribution in [2.75, 3.05) is 6.54 Å². The topological polar surface area (TPSA) is 59.8 Å². The van der Waals surface area contributed by atoms with Crippen molar-refractivity contribution in [2.24, 2.45) is 0 Å². The van der Waals surface area contributed by atoms with Crippen LogP contribution in [-0.2, 0) is 0 Å². The van der Waals surface area contributed by atoms with Crippen LogP contribution >= 0.6 is 11.6 Å². The summed E-state index contributed by atoms with van der Waals surface area (Å²) in [5.74, 6) is -0.187. The van der Waals surface area contributed by atoms with E-state index in [1.165, 1.54) is 6.33 Å². The van der Waals surface area contributed by atoms with Crippen LogP contribution in [0.15, 0.2) is 36.9 Å². The largest absolute Gasteiger partial charge is 0.350 e. The normalized spacial score (nSPS) is 12.1. The van der Waals surface area contributed by atoms with E-state index in [4.69, 9.17) is 11.6 Å². The lowest BCUT2D eigenvalue weighted by Gasteiger charge is -2.12. The Balaban J connectivity index is 1.95. The van der Waals surface area contributed by atoms with Gasteiger partial charge in [-0.2, -0.15) is 5.10 Å². The predicted molar refractivity (Wildman–Crippen MR) is 68.5 cm³/mol. The molecule has 5 nitrogen and oxygen atoms in total. The van der Waals surface area contributed by atoms with Gasteiger partial charge in [0.2, 0.25) is 0 Å². The molecule has 0 unspecified atom stereocenters. The van der Waals surface area contributed by atoms with Crippen LogP contribution in [0.2, 0.25) is 5.02 Å². The number of nitrogens with one attached hydrogen (secondary N) is 1. The molecule has 1 amide bonds. The molecule has 0 fully saturated rings. The number of carbonyl (C=O) groups is 1. The van der Waals surface area contributed by atoms with Gasteiger partial charge in [0.05, 0.1) is 16.6 Å². The second-order valence-electron chi connectivity index (χ2n) is 3.91. The summed E-state index contributed by atoms with van der Waals surface area (Å²) in [6, 6.07) is 6.99. The molecule has 0 spiro atoms. The van der Waals surface area contributed by atoms with Gasteiger partial charge in [-0.25, -0.2) is 9.67 Å². The van der Waals surface area contributed by atoms with Crippen LogP contribution in [0.4, 0.5) is 0 Å². The van der Waals surface area contributed by atoms with Crippen LogP contribution in [-0.4, -0.2) is 27.2 Å². The summed E-state index contributed by atoms with van der Waals surface area (Å²) in [4.78, 5) is 15.8. The summed E-state index contributed by atoms with van der Waals surface area (Å²) in [6.07, 6.45) is 3.08. The molecule has 0 aliphatic rings. The van der Waals surface area contributed by atoms with Gasteiger partial charge in [0.15, 0.2) is 0 Å². The molecule has 0 saturated heterocycles. The first-order valence-corrected chi connectivity index (χ1v) is 5.93. The zero-order valence-corrected chi connectivity index (χ0v) is 10.6. The van der Waals surface area contributed by atoms with E-state index >= 15 is 0 Å². The number of carbonyl (C=O) groups excluding carboxylic acids is 1. The number of hydrogen-bond donors (Lipinski definition) is 1. The first-order valence-electron chi connectivity index (χ1n) is 5.55. The maximum atomic E-state index is 11.9. The highest BCUT2D eigenvalue weighted by Crippen LogP contribution is 2.14. The Hall–Kier alpha value is -1.88. The van der Waals surface area contributed by atoms with Crippen molar-refractivity contribution < 1.29 is 4.79 Å². The lowest BCUT2D eigenvalue weighted by molar-refractivity contribution is 0.0948. The van der Waals surface area contributed by atoms with Gasteiger partial charge in [0.25, 0.3) is 5.91 Å². The summed E-state index contributed by atoms with van der Waals surface area (Å²) in [5.41, 5.74) is 0.477. The van der Waals surface area contributed by atoms with Gasteiger partial charge >= 0.3 is 0 Å². The van der Waals surface area contributed by atoms with Crippen molar-refractivity contribution in [3.63, 3.8) is 0 Å². The summed E-state index contributed by atoms with van der Waals surface area (Å²) < 4.78 is 1.69. The van der Waals surface area contributed by atoms with Gasteiger partial charge in [-0.05, 0) is 19.1 Å². The average Bonchev–Trinajstić information content (AvgIpc) is 2.90. The van der Waals surface area contributed by atoms with Gasteiger partial charge in [-0.3, -0.25) is 4.79 Å². The minimum absolute atomic E-state index is 0.0407. The third-order valence-corrected chi connectivity index (χ3v) is 2.89. The van der Waals surface area contributed by atoms with Crippen LogP contribution in [0.1, 0.15) is 23.3 Å². The molecule has 0 bridgehead atoms. The maximum absolute atomic E-state index is 11.9. The van der Waals surface area contributed by atoms with Crippen molar-refractivity contribution in [3.8, 4) is 0 Å². The standard InChI is InChI=1S/C12H13ClN4O/c1-9(17-8-14-7-16-17)6-15-12(18)10-4-2-3-5-11(10)13/h2-5,7-9H,6H2,1H3,(H,15,18)/t9-/m1/s1. The smallest absolute Gasteiger partial charge is 0.252 e. The fraction of sp³-hybridized carbons (Fsp3) is 0.250. The number of hydrogen-bond acceptors (Lipinski definition) is 3. The van der Waals surface area contributed by atoms with E-state index in [0.29, 0.717) is 17.1 Å². The Morgan fingerprint density at radius 2 is 2.28 bits per heavy atom. The SMILES string of the molecule is C[C@H](CNC(=O)c1ccccc1Cl)n1cncn1. The maximum Gasteiger partial charge on any atom is 0.252 e. The molecule has 1 heterocycles. The lowest BCUT2D eigenvalue weighted by atomic mass is 10.2. The molecular formula is C12H13ClN4O. The van der Waals surface area contributed by atoms with E-state index in [-0.39, 0.29) is 11.9 Å². The average molecular weight is 265 g/mol. The lowest BCUT2D eigenvalue weighted by Crippen LogP contribution is -2.29. The van der Waals surface area contributed by atoms with Crippen LogP contribution in [0.3, 0.4) is 0 Å². The summed E-state index contributed by atoms with van der Waals surface area (Å²) in [5, 5.41) is 7.28. The molecule has 1 aromatic heterocycles. The molecule has 1 N–H and O–H groups in total. The summed E-state index contributed by atoms with van der Waals surface area (Å²) in [6.45, 7) is 2.41. The highest BCUT2D eigenvalue weighted by Gasteiger charge is 2.11. The zero-order valence-electron chi connectivity index (χ0n) is 9.88. The van der Waals surface area contributed by atoms with Crippen LogP contribution in [0.25, 0.3) is 0 Å². The molecule has 2 aromatic rings. The molecule has 2 rings (SSSR count). The van der Waals surface area contributed by atoms with Gasteiger partial charge in [0, 0.05) is 6.54 Å². The Kier molecular flexibility index (Phi) is 3.94. The molecule has 1 aromatic carbocycles. The molecular weight excluding hydrogens is 252 g/mol. The number of rotatable bonds is 4. The Bertz CT molecular complexity index is 527. The van der Waals surface area contributed by atoms with Gasteiger partial charge < -0.3 is 5.32 Å². The Morgan fingerprint density at radius 3 is 2.94 bits per heavy atom. The molecule has 0 saturated carbocycles. The highest BCUT2D eigenvalue weighted by molar-refractivity contribution is 6.33. The van der Waals surface area contributed by atoms with Crippen molar-refractivity contribution in [1.29, 1.82) is 0 Å². The first kappa shape index (κ1) is 12.6. The zero-order chi connectivity index (χ0) is 13.0. The van der Waals surface area contributed by atoms with Crippen LogP contribution in [0, 0.1) is 0 Å². The minimum Gasteiger partial charge on any atom is -0.350 e. The van der Waals surface area contributed by atoms with E-state index in [1.54, 1.807) is 35.3 Å². The number of benzene rings is 1. The predicted octanol–water partition coefficient (Wildman–Crippen LogP) is 1.92. The second-order valence-corrected chi connectivity index (χ2v) is 4.32. The molecule has 18 heavy (non-hydrogen) atoms. The van der Waals surface area contributed by atoms with E-state index in [9.17, 15) is 4.79 Å². The Labute approximate surface area is 110 Å². The minimum atomic E-state index is -0.187. The quantitative estimate of drug-likeness (QED) is 0.918. The molecule has 6 heteroatoms. The van der Waals surface area contributed by atoms with Gasteiger partial charge in [-0.15, -0.1) is 0 Å². The first-order chi connectivity index (χ1) is 8.68.